The van der Waals surface area contributed by atoms with Crippen molar-refractivity contribution in [2.24, 2.45) is 4.99 Å². The maximum absolute atomic E-state index is 5.20. The smallest absolute Gasteiger partial charge is 0.118 e. The molecule has 3 nitrogen and oxygen atoms in total. The van der Waals surface area contributed by atoms with Gasteiger partial charge in [-0.25, -0.2) is 0 Å². The van der Waals surface area contributed by atoms with Crippen molar-refractivity contribution in [2.45, 2.75) is 0 Å². The molecule has 1 N–H and O–H groups in total. The predicted molar refractivity (Wildman–Crippen MR) is 113 cm³/mol. The fraction of sp³-hybridized carbons (Fsp3) is 0.0417. The molecular formula is C24H20N2O. The van der Waals surface area contributed by atoms with E-state index in [1.807, 2.05) is 60.8 Å². The monoisotopic (exact) mass is 352 g/mol. The van der Waals surface area contributed by atoms with Gasteiger partial charge in [0.25, 0.3) is 0 Å². The van der Waals surface area contributed by atoms with Gasteiger partial charge >= 0.3 is 0 Å². The van der Waals surface area contributed by atoms with E-state index >= 15 is 0 Å². The number of methoxy groups -OCH3 is 1. The van der Waals surface area contributed by atoms with Crippen LogP contribution < -0.4 is 4.74 Å². The zero-order chi connectivity index (χ0) is 18.5. The molecule has 1 aromatic heterocycles. The van der Waals surface area contributed by atoms with Gasteiger partial charge in [-0.1, -0.05) is 48.5 Å². The zero-order valence-electron chi connectivity index (χ0n) is 15.1. The standard InChI is InChI=1S/C24H20N2O/c1-27-21-14-10-18(11-15-21)9-12-20-13-16-23(26-20)24(22-8-5-17-25-22)19-6-3-2-4-7-19/h2-17,26H,1H3/b12-9+,24-22-. The lowest BCUT2D eigenvalue weighted by Crippen LogP contribution is -1.91. The second-order valence-electron chi connectivity index (χ2n) is 6.20. The zero-order valence-corrected chi connectivity index (χ0v) is 15.1. The number of H-pyrrole nitrogens is 1. The minimum Gasteiger partial charge on any atom is -0.497 e. The lowest BCUT2D eigenvalue weighted by molar-refractivity contribution is 0.415. The number of ether oxygens (including phenoxy) is 1. The van der Waals surface area contributed by atoms with Crippen molar-refractivity contribution in [3.8, 4) is 5.75 Å². The normalized spacial score (nSPS) is 14.9. The highest BCUT2D eigenvalue weighted by molar-refractivity contribution is 5.88. The molecule has 0 aliphatic carbocycles. The number of hydrogen-bond acceptors (Lipinski definition) is 2. The summed E-state index contributed by atoms with van der Waals surface area (Å²) >= 11 is 0. The van der Waals surface area contributed by atoms with Crippen LogP contribution in [0.4, 0.5) is 0 Å². The van der Waals surface area contributed by atoms with Crippen LogP contribution in [0.15, 0.2) is 89.6 Å². The summed E-state index contributed by atoms with van der Waals surface area (Å²) in [5.74, 6) is 0.860. The number of nitrogens with one attached hydrogen (secondary N) is 1. The topological polar surface area (TPSA) is 37.4 Å². The lowest BCUT2D eigenvalue weighted by Gasteiger charge is -2.08. The highest BCUT2D eigenvalue weighted by Gasteiger charge is 2.12. The summed E-state index contributed by atoms with van der Waals surface area (Å²) in [4.78, 5) is 8.01. The molecular weight excluding hydrogens is 332 g/mol. The lowest BCUT2D eigenvalue weighted by atomic mass is 10.0. The van der Waals surface area contributed by atoms with Crippen molar-refractivity contribution < 1.29 is 4.74 Å². The van der Waals surface area contributed by atoms with Crippen LogP contribution in [0.25, 0.3) is 17.7 Å². The molecule has 3 heteroatoms. The number of nitrogens with zero attached hydrogens (tertiary/aromatic N) is 1. The highest BCUT2D eigenvalue weighted by atomic mass is 16.5. The van der Waals surface area contributed by atoms with E-state index in [1.54, 1.807) is 7.11 Å². The van der Waals surface area contributed by atoms with E-state index in [1.165, 1.54) is 0 Å². The third-order valence-electron chi connectivity index (χ3n) is 4.42. The number of aromatic nitrogens is 1. The van der Waals surface area contributed by atoms with Crippen molar-refractivity contribution in [3.63, 3.8) is 0 Å². The number of rotatable bonds is 5. The van der Waals surface area contributed by atoms with Gasteiger partial charge in [0.1, 0.15) is 5.75 Å². The molecule has 0 fully saturated rings. The fourth-order valence-electron chi connectivity index (χ4n) is 3.05. The number of hydrogen-bond donors (Lipinski definition) is 1. The van der Waals surface area contributed by atoms with Gasteiger partial charge in [-0.3, -0.25) is 4.99 Å². The molecule has 0 spiro atoms. The Morgan fingerprint density at radius 3 is 2.44 bits per heavy atom. The predicted octanol–water partition coefficient (Wildman–Crippen LogP) is 5.59. The van der Waals surface area contributed by atoms with Crippen LogP contribution >= 0.6 is 0 Å². The molecule has 0 atom stereocenters. The summed E-state index contributed by atoms with van der Waals surface area (Å²) in [5.41, 5.74) is 6.43. The molecule has 0 radical (unpaired) electrons. The van der Waals surface area contributed by atoms with Crippen LogP contribution in [0.5, 0.6) is 5.75 Å². The Hall–Kier alpha value is -3.59. The van der Waals surface area contributed by atoms with Gasteiger partial charge in [0.2, 0.25) is 0 Å². The summed E-state index contributed by atoms with van der Waals surface area (Å²) in [7, 11) is 1.67. The molecule has 0 saturated heterocycles. The maximum Gasteiger partial charge on any atom is 0.118 e. The first-order chi connectivity index (χ1) is 13.3. The first-order valence-corrected chi connectivity index (χ1v) is 8.85. The fourth-order valence-corrected chi connectivity index (χ4v) is 3.05. The summed E-state index contributed by atoms with van der Waals surface area (Å²) in [6.07, 6.45) is 9.98. The van der Waals surface area contributed by atoms with E-state index < -0.39 is 0 Å². The minimum absolute atomic E-state index is 0.860. The quantitative estimate of drug-likeness (QED) is 0.638. The number of aromatic amines is 1. The Labute approximate surface area is 159 Å². The molecule has 2 heterocycles. The number of aliphatic imine (C=N–C) groups is 1. The maximum atomic E-state index is 5.20. The van der Waals surface area contributed by atoms with Gasteiger partial charge in [-0.2, -0.15) is 0 Å². The summed E-state index contributed by atoms with van der Waals surface area (Å²) in [6.45, 7) is 0. The van der Waals surface area contributed by atoms with Gasteiger partial charge in [-0.05, 0) is 53.6 Å². The van der Waals surface area contributed by atoms with Crippen molar-refractivity contribution in [1.29, 1.82) is 0 Å². The van der Waals surface area contributed by atoms with Gasteiger partial charge < -0.3 is 9.72 Å². The van der Waals surface area contributed by atoms with E-state index in [0.717, 1.165) is 39.5 Å². The number of allylic oxidation sites excluding steroid dienone is 2. The van der Waals surface area contributed by atoms with Crippen molar-refractivity contribution in [1.82, 2.24) is 4.98 Å². The van der Waals surface area contributed by atoms with Crippen molar-refractivity contribution >= 4 is 23.9 Å². The average molecular weight is 352 g/mol. The molecule has 1 aliphatic heterocycles. The second kappa shape index (κ2) is 7.75. The van der Waals surface area contributed by atoms with E-state index in [4.69, 9.17) is 4.74 Å². The Morgan fingerprint density at radius 2 is 1.74 bits per heavy atom. The Kier molecular flexibility index (Phi) is 4.84. The highest BCUT2D eigenvalue weighted by Crippen LogP contribution is 2.29. The Balaban J connectivity index is 1.64. The molecule has 4 rings (SSSR count). The second-order valence-corrected chi connectivity index (χ2v) is 6.20. The summed E-state index contributed by atoms with van der Waals surface area (Å²) < 4.78 is 5.20. The molecule has 2 aromatic carbocycles. The van der Waals surface area contributed by atoms with Crippen molar-refractivity contribution in [3.05, 3.63) is 107 Å². The van der Waals surface area contributed by atoms with E-state index in [0.29, 0.717) is 0 Å². The third kappa shape index (κ3) is 3.82. The van der Waals surface area contributed by atoms with Crippen molar-refractivity contribution in [2.75, 3.05) is 7.11 Å². The molecule has 27 heavy (non-hydrogen) atoms. The molecule has 0 unspecified atom stereocenters. The Bertz CT molecular complexity index is 1020. The van der Waals surface area contributed by atoms with Gasteiger partial charge in [0.05, 0.1) is 12.8 Å². The molecule has 1 aliphatic rings. The van der Waals surface area contributed by atoms with Gasteiger partial charge in [-0.15, -0.1) is 0 Å². The van der Waals surface area contributed by atoms with Gasteiger partial charge in [0.15, 0.2) is 0 Å². The van der Waals surface area contributed by atoms with Crippen LogP contribution in [-0.4, -0.2) is 18.3 Å². The van der Waals surface area contributed by atoms with E-state index in [9.17, 15) is 0 Å². The molecule has 132 valence electrons. The summed E-state index contributed by atoms with van der Waals surface area (Å²) in [6, 6.07) is 22.5. The SMILES string of the molecule is COc1ccc(/C=C/c2ccc(/C(=C3/C=CC=N3)c3ccccc3)[nH]2)cc1. The van der Waals surface area contributed by atoms with Crippen LogP contribution in [0, 0.1) is 0 Å². The first-order valence-electron chi connectivity index (χ1n) is 8.85. The van der Waals surface area contributed by atoms with Crippen LogP contribution in [0.1, 0.15) is 22.5 Å². The third-order valence-corrected chi connectivity index (χ3v) is 4.42. The average Bonchev–Trinajstić information content (AvgIpc) is 3.41. The number of benzene rings is 2. The largest absolute Gasteiger partial charge is 0.497 e. The molecule has 0 saturated carbocycles. The molecule has 0 amide bonds. The minimum atomic E-state index is 0.860. The molecule has 0 bridgehead atoms. The van der Waals surface area contributed by atoms with Crippen LogP contribution in [0.3, 0.4) is 0 Å². The first kappa shape index (κ1) is 16.9. The molecule has 3 aromatic rings. The van der Waals surface area contributed by atoms with E-state index in [-0.39, 0.29) is 0 Å². The Morgan fingerprint density at radius 1 is 0.926 bits per heavy atom. The van der Waals surface area contributed by atoms with E-state index in [2.05, 4.69) is 46.4 Å². The van der Waals surface area contributed by atoms with Gasteiger partial charge in [0, 0.05) is 23.2 Å². The summed E-state index contributed by atoms with van der Waals surface area (Å²) in [5, 5.41) is 0. The van der Waals surface area contributed by atoms with Crippen LogP contribution in [-0.2, 0) is 0 Å². The van der Waals surface area contributed by atoms with Crippen LogP contribution in [0.2, 0.25) is 0 Å².